The molecule has 0 aliphatic carbocycles. The minimum absolute atomic E-state index is 0.0720. The molecule has 2 saturated heterocycles. The highest BCUT2D eigenvalue weighted by atomic mass is 19.1. The highest BCUT2D eigenvalue weighted by Crippen LogP contribution is 2.30. The predicted molar refractivity (Wildman–Crippen MR) is 82.7 cm³/mol. The molecule has 2 fully saturated rings. The SMILES string of the molecule is CCn1ccc(C(=O)N2CCC(F)(C(=O)N3CCCC3)CC2)n1. The first-order valence-electron chi connectivity index (χ1n) is 8.34. The zero-order chi connectivity index (χ0) is 16.4. The topological polar surface area (TPSA) is 58.4 Å². The van der Waals surface area contributed by atoms with Crippen LogP contribution >= 0.6 is 0 Å². The Kier molecular flexibility index (Phi) is 4.37. The van der Waals surface area contributed by atoms with E-state index in [2.05, 4.69) is 5.10 Å². The summed E-state index contributed by atoms with van der Waals surface area (Å²) in [5.41, 5.74) is -1.44. The van der Waals surface area contributed by atoms with E-state index in [1.807, 2.05) is 6.92 Å². The molecule has 0 saturated carbocycles. The zero-order valence-corrected chi connectivity index (χ0v) is 13.5. The molecule has 0 aromatic carbocycles. The fourth-order valence-corrected chi connectivity index (χ4v) is 3.30. The molecule has 3 heterocycles. The molecule has 0 bridgehead atoms. The second-order valence-electron chi connectivity index (χ2n) is 6.31. The van der Waals surface area contributed by atoms with E-state index in [1.54, 1.807) is 26.7 Å². The number of carbonyl (C=O) groups is 2. The highest BCUT2D eigenvalue weighted by molar-refractivity contribution is 5.92. The quantitative estimate of drug-likeness (QED) is 0.847. The summed E-state index contributed by atoms with van der Waals surface area (Å²) in [7, 11) is 0. The molecule has 2 aliphatic rings. The number of likely N-dealkylation sites (tertiary alicyclic amines) is 2. The van der Waals surface area contributed by atoms with Crippen LogP contribution in [-0.4, -0.2) is 63.2 Å². The smallest absolute Gasteiger partial charge is 0.274 e. The second-order valence-corrected chi connectivity index (χ2v) is 6.31. The fourth-order valence-electron chi connectivity index (χ4n) is 3.30. The number of amides is 2. The normalized spacial score (nSPS) is 20.8. The number of hydrogen-bond donors (Lipinski definition) is 0. The second kappa shape index (κ2) is 6.29. The number of halogens is 1. The molecule has 3 rings (SSSR count). The van der Waals surface area contributed by atoms with Crippen LogP contribution in [0.1, 0.15) is 43.1 Å². The molecule has 2 aliphatic heterocycles. The lowest BCUT2D eigenvalue weighted by Crippen LogP contribution is -2.52. The minimum atomic E-state index is -1.82. The van der Waals surface area contributed by atoms with Gasteiger partial charge in [-0.05, 0) is 25.8 Å². The molecular formula is C16H23FN4O2. The Morgan fingerprint density at radius 1 is 1.17 bits per heavy atom. The molecule has 0 spiro atoms. The van der Waals surface area contributed by atoms with Crippen molar-refractivity contribution in [3.8, 4) is 0 Å². The van der Waals surface area contributed by atoms with E-state index in [9.17, 15) is 14.0 Å². The average molecular weight is 322 g/mol. The van der Waals surface area contributed by atoms with Crippen LogP contribution in [0, 0.1) is 0 Å². The summed E-state index contributed by atoms with van der Waals surface area (Å²) in [5, 5.41) is 4.19. The number of carbonyl (C=O) groups excluding carboxylic acids is 2. The first-order chi connectivity index (χ1) is 11.0. The van der Waals surface area contributed by atoms with Gasteiger partial charge in [-0.1, -0.05) is 0 Å². The van der Waals surface area contributed by atoms with Gasteiger partial charge in [0.05, 0.1) is 0 Å². The first kappa shape index (κ1) is 16.0. The average Bonchev–Trinajstić information content (AvgIpc) is 3.25. The molecule has 1 aromatic rings. The summed E-state index contributed by atoms with van der Waals surface area (Å²) in [4.78, 5) is 28.0. The Hall–Kier alpha value is -1.92. The van der Waals surface area contributed by atoms with E-state index < -0.39 is 11.6 Å². The Labute approximate surface area is 135 Å². The largest absolute Gasteiger partial charge is 0.340 e. The van der Waals surface area contributed by atoms with Crippen molar-refractivity contribution in [3.05, 3.63) is 18.0 Å². The monoisotopic (exact) mass is 322 g/mol. The standard InChI is InChI=1S/C16H23FN4O2/c1-2-21-10-5-13(18-21)14(22)19-11-6-16(17,7-12-19)15(23)20-8-3-4-9-20/h5,10H,2-4,6-9,11-12H2,1H3. The minimum Gasteiger partial charge on any atom is -0.340 e. The van der Waals surface area contributed by atoms with Crippen molar-refractivity contribution in [1.29, 1.82) is 0 Å². The van der Waals surface area contributed by atoms with Gasteiger partial charge >= 0.3 is 0 Å². The van der Waals surface area contributed by atoms with Crippen LogP contribution in [0.4, 0.5) is 4.39 Å². The summed E-state index contributed by atoms with van der Waals surface area (Å²) >= 11 is 0. The van der Waals surface area contributed by atoms with Gasteiger partial charge in [0.15, 0.2) is 5.67 Å². The van der Waals surface area contributed by atoms with Crippen LogP contribution in [0.25, 0.3) is 0 Å². The summed E-state index contributed by atoms with van der Waals surface area (Å²) in [6.07, 6.45) is 3.80. The van der Waals surface area contributed by atoms with Gasteiger partial charge in [0.1, 0.15) is 5.69 Å². The molecule has 6 nitrogen and oxygen atoms in total. The summed E-state index contributed by atoms with van der Waals surface area (Å²) < 4.78 is 16.7. The van der Waals surface area contributed by atoms with Crippen LogP contribution in [0.15, 0.2) is 12.3 Å². The van der Waals surface area contributed by atoms with Crippen LogP contribution in [-0.2, 0) is 11.3 Å². The number of aromatic nitrogens is 2. The van der Waals surface area contributed by atoms with E-state index in [1.165, 1.54) is 0 Å². The van der Waals surface area contributed by atoms with Gasteiger partial charge in [0.2, 0.25) is 0 Å². The third kappa shape index (κ3) is 3.09. The molecular weight excluding hydrogens is 299 g/mol. The van der Waals surface area contributed by atoms with Crippen molar-refractivity contribution >= 4 is 11.8 Å². The third-order valence-corrected chi connectivity index (χ3v) is 4.80. The molecule has 0 atom stereocenters. The predicted octanol–water partition coefficient (Wildman–Crippen LogP) is 1.47. The number of hydrogen-bond acceptors (Lipinski definition) is 3. The van der Waals surface area contributed by atoms with Gasteiger partial charge in [-0.25, -0.2) is 4.39 Å². The Morgan fingerprint density at radius 2 is 1.83 bits per heavy atom. The van der Waals surface area contributed by atoms with Gasteiger partial charge in [0, 0.05) is 51.8 Å². The summed E-state index contributed by atoms with van der Waals surface area (Å²) in [5.74, 6) is -0.578. The number of aryl methyl sites for hydroxylation is 1. The van der Waals surface area contributed by atoms with Crippen LogP contribution in [0.3, 0.4) is 0 Å². The molecule has 23 heavy (non-hydrogen) atoms. The molecule has 7 heteroatoms. The van der Waals surface area contributed by atoms with Crippen molar-refractivity contribution in [2.24, 2.45) is 0 Å². The number of alkyl halides is 1. The third-order valence-electron chi connectivity index (χ3n) is 4.80. The van der Waals surface area contributed by atoms with Gasteiger partial charge in [-0.2, -0.15) is 5.10 Å². The van der Waals surface area contributed by atoms with Gasteiger partial charge in [0.25, 0.3) is 11.8 Å². The summed E-state index contributed by atoms with van der Waals surface area (Å²) in [6.45, 7) is 4.47. The highest BCUT2D eigenvalue weighted by Gasteiger charge is 2.45. The number of piperidine rings is 1. The maximum atomic E-state index is 15.0. The lowest BCUT2D eigenvalue weighted by Gasteiger charge is -2.37. The van der Waals surface area contributed by atoms with Crippen molar-refractivity contribution in [2.45, 2.75) is 44.8 Å². The lowest BCUT2D eigenvalue weighted by molar-refractivity contribution is -0.145. The lowest BCUT2D eigenvalue weighted by atomic mass is 9.91. The number of rotatable bonds is 3. The van der Waals surface area contributed by atoms with Crippen LogP contribution in [0.5, 0.6) is 0 Å². The van der Waals surface area contributed by atoms with E-state index in [0.29, 0.717) is 25.3 Å². The number of nitrogens with zero attached hydrogens (tertiary/aromatic N) is 4. The molecule has 0 N–H and O–H groups in total. The fraction of sp³-hybridized carbons (Fsp3) is 0.688. The van der Waals surface area contributed by atoms with Crippen molar-refractivity contribution < 1.29 is 14.0 Å². The van der Waals surface area contributed by atoms with E-state index in [4.69, 9.17) is 0 Å². The molecule has 2 amide bonds. The Balaban J connectivity index is 1.61. The van der Waals surface area contributed by atoms with Crippen molar-refractivity contribution in [1.82, 2.24) is 19.6 Å². The zero-order valence-electron chi connectivity index (χ0n) is 13.5. The Morgan fingerprint density at radius 3 is 2.39 bits per heavy atom. The van der Waals surface area contributed by atoms with Crippen molar-refractivity contribution in [3.63, 3.8) is 0 Å². The van der Waals surface area contributed by atoms with Gasteiger partial charge in [-0.15, -0.1) is 0 Å². The Bertz CT molecular complexity index is 587. The molecule has 1 aromatic heterocycles. The van der Waals surface area contributed by atoms with E-state index in [-0.39, 0.29) is 31.8 Å². The maximum Gasteiger partial charge on any atom is 0.274 e. The van der Waals surface area contributed by atoms with E-state index in [0.717, 1.165) is 12.8 Å². The van der Waals surface area contributed by atoms with Crippen LogP contribution < -0.4 is 0 Å². The molecule has 126 valence electrons. The van der Waals surface area contributed by atoms with E-state index >= 15 is 0 Å². The van der Waals surface area contributed by atoms with Crippen LogP contribution in [0.2, 0.25) is 0 Å². The molecule has 0 radical (unpaired) electrons. The summed E-state index contributed by atoms with van der Waals surface area (Å²) in [6, 6.07) is 1.68. The molecule has 0 unspecified atom stereocenters. The van der Waals surface area contributed by atoms with Gasteiger partial charge in [-0.3, -0.25) is 14.3 Å². The first-order valence-corrected chi connectivity index (χ1v) is 8.34. The van der Waals surface area contributed by atoms with Crippen molar-refractivity contribution in [2.75, 3.05) is 26.2 Å². The van der Waals surface area contributed by atoms with Gasteiger partial charge < -0.3 is 9.80 Å². The maximum absolute atomic E-state index is 15.0.